The number of carbonyl (C=O) groups is 2. The molecule has 1 aliphatic heterocycles. The van der Waals surface area contributed by atoms with Gasteiger partial charge in [-0.25, -0.2) is 9.59 Å². The first-order valence-corrected chi connectivity index (χ1v) is 14.6. The predicted molar refractivity (Wildman–Crippen MR) is 159 cm³/mol. The summed E-state index contributed by atoms with van der Waals surface area (Å²) in [6, 6.07) is 14.6. The van der Waals surface area contributed by atoms with Gasteiger partial charge in [-0.1, -0.05) is 24.3 Å². The number of fused-ring (bicyclic) bond motifs is 2. The smallest absolute Gasteiger partial charge is 0.419 e. The molecule has 1 fully saturated rings. The zero-order chi connectivity index (χ0) is 36.0. The number of halogens is 9. The number of piperazine rings is 1. The number of hydrogen-bond donors (Lipinski definition) is 1. The molecule has 50 heavy (non-hydrogen) atoms. The van der Waals surface area contributed by atoms with E-state index in [0.717, 1.165) is 59.1 Å². The average Bonchev–Trinajstić information content (AvgIpc) is 3.64. The maximum atomic E-state index is 13.5. The van der Waals surface area contributed by atoms with Crippen LogP contribution in [-0.2, 0) is 16.1 Å². The minimum absolute atomic E-state index is 0.0328. The zero-order valence-corrected chi connectivity index (χ0v) is 25.2. The fourth-order valence-electron chi connectivity index (χ4n) is 5.79. The fraction of sp³-hybridized carbons (Fsp3) is 0.250. The number of ether oxygens (including phenoxy) is 2. The number of alkyl halides is 9. The van der Waals surface area contributed by atoms with Gasteiger partial charge in [-0.3, -0.25) is 4.90 Å². The molecule has 3 heterocycles. The number of anilines is 1. The molecule has 0 atom stereocenters. The number of aromatic nitrogens is 2. The average molecular weight is 715 g/mol. The predicted octanol–water partition coefficient (Wildman–Crippen LogP) is 7.00. The Bertz CT molecular complexity index is 2040. The molecule has 1 aliphatic rings. The van der Waals surface area contributed by atoms with Gasteiger partial charge in [-0.15, -0.1) is 13.2 Å². The number of rotatable bonds is 7. The molecule has 18 heteroatoms. The third-order valence-electron chi connectivity index (χ3n) is 7.88. The monoisotopic (exact) mass is 714 g/mol. The van der Waals surface area contributed by atoms with E-state index >= 15 is 0 Å². The van der Waals surface area contributed by atoms with Gasteiger partial charge in [0.2, 0.25) is 0 Å². The number of hydrogen-bond acceptors (Lipinski definition) is 7. The first kappa shape index (κ1) is 34.5. The molecule has 3 aromatic carbocycles. The molecule has 0 aliphatic carbocycles. The standard InChI is InChI=1S/C32H23F9N4O5/c33-30(34,35)28(46)48-25-6-2-5-23-27(25)26(18-7-9-19(10-8-18)49-32(39,40)41)24(45(23)50-29(47)31(36,37)38)17-43-13-15-44(16-14-43)22-4-1-3-21-20(22)11-12-42-21/h1-12,42H,13-17H2. The molecule has 2 aromatic heterocycles. The van der Waals surface area contributed by atoms with Crippen LogP contribution in [0, 0.1) is 0 Å². The number of nitrogens with one attached hydrogen (secondary N) is 1. The van der Waals surface area contributed by atoms with Crippen molar-refractivity contribution < 1.29 is 63.4 Å². The van der Waals surface area contributed by atoms with E-state index in [0.29, 0.717) is 30.9 Å². The second-order valence-electron chi connectivity index (χ2n) is 11.1. The number of benzene rings is 3. The summed E-state index contributed by atoms with van der Waals surface area (Å²) in [4.78, 5) is 35.9. The number of nitrogens with zero attached hydrogens (tertiary/aromatic N) is 3. The molecule has 264 valence electrons. The minimum atomic E-state index is -5.50. The maximum absolute atomic E-state index is 13.5. The van der Waals surface area contributed by atoms with E-state index in [1.165, 1.54) is 0 Å². The third-order valence-corrected chi connectivity index (χ3v) is 7.88. The van der Waals surface area contributed by atoms with Crippen LogP contribution < -0.4 is 19.2 Å². The van der Waals surface area contributed by atoms with Crippen molar-refractivity contribution in [2.45, 2.75) is 25.3 Å². The van der Waals surface area contributed by atoms with Gasteiger partial charge in [0.05, 0.1) is 16.6 Å². The summed E-state index contributed by atoms with van der Waals surface area (Å²) in [6.45, 7) is 1.22. The molecule has 1 saturated heterocycles. The highest BCUT2D eigenvalue weighted by Gasteiger charge is 2.44. The molecule has 0 spiro atoms. The fourth-order valence-corrected chi connectivity index (χ4v) is 5.79. The van der Waals surface area contributed by atoms with E-state index in [1.54, 1.807) is 11.1 Å². The highest BCUT2D eigenvalue weighted by molar-refractivity contribution is 6.03. The Morgan fingerprint density at radius 3 is 2.06 bits per heavy atom. The molecule has 5 aromatic rings. The lowest BCUT2D eigenvalue weighted by molar-refractivity contribution is -0.274. The Labute approximate surface area is 275 Å². The van der Waals surface area contributed by atoms with Crippen molar-refractivity contribution >= 4 is 39.4 Å². The molecule has 0 saturated carbocycles. The molecular formula is C32H23F9N4O5. The summed E-state index contributed by atoms with van der Waals surface area (Å²) in [6.07, 6.45) is -14.3. The second kappa shape index (κ2) is 12.8. The van der Waals surface area contributed by atoms with Gasteiger partial charge < -0.3 is 24.2 Å². The molecule has 6 rings (SSSR count). The number of esters is 1. The van der Waals surface area contributed by atoms with Crippen LogP contribution in [0.5, 0.6) is 11.5 Å². The Morgan fingerprint density at radius 1 is 0.760 bits per heavy atom. The first-order chi connectivity index (χ1) is 23.5. The van der Waals surface area contributed by atoms with Crippen molar-refractivity contribution in [3.05, 3.63) is 78.6 Å². The SMILES string of the molecule is O=C(Oc1cccc2c1c(-c1ccc(OC(F)(F)F)cc1)c(CN1CCN(c3cccc4[nH]ccc34)CC1)n2OC(=O)C(F)(F)F)C(F)(F)F. The van der Waals surface area contributed by atoms with Crippen molar-refractivity contribution in [2.75, 3.05) is 31.1 Å². The lowest BCUT2D eigenvalue weighted by Crippen LogP contribution is -2.46. The topological polar surface area (TPSA) is 89.0 Å². The van der Waals surface area contributed by atoms with Gasteiger partial charge in [0.15, 0.2) is 0 Å². The van der Waals surface area contributed by atoms with Crippen LogP contribution in [0.2, 0.25) is 0 Å². The van der Waals surface area contributed by atoms with Gasteiger partial charge in [0.1, 0.15) is 11.5 Å². The lowest BCUT2D eigenvalue weighted by Gasteiger charge is -2.36. The van der Waals surface area contributed by atoms with E-state index in [9.17, 15) is 49.1 Å². The first-order valence-electron chi connectivity index (χ1n) is 14.6. The van der Waals surface area contributed by atoms with Gasteiger partial charge >= 0.3 is 30.7 Å². The quantitative estimate of drug-likeness (QED) is 0.110. The van der Waals surface area contributed by atoms with Crippen molar-refractivity contribution in [1.29, 1.82) is 0 Å². The molecular weight excluding hydrogens is 691 g/mol. The number of carbonyl (C=O) groups excluding carboxylic acids is 2. The summed E-state index contributed by atoms with van der Waals surface area (Å²) in [5.41, 5.74) is 1.04. The van der Waals surface area contributed by atoms with Gasteiger partial charge in [0.25, 0.3) is 0 Å². The zero-order valence-electron chi connectivity index (χ0n) is 25.2. The van der Waals surface area contributed by atoms with E-state index in [2.05, 4.69) is 19.4 Å². The van der Waals surface area contributed by atoms with Crippen LogP contribution in [0.3, 0.4) is 0 Å². The number of aromatic amines is 1. The second-order valence-corrected chi connectivity index (χ2v) is 11.1. The van der Waals surface area contributed by atoms with Gasteiger partial charge in [-0.05, 0) is 48.0 Å². The van der Waals surface area contributed by atoms with Crippen LogP contribution in [0.4, 0.5) is 45.2 Å². The van der Waals surface area contributed by atoms with Crippen molar-refractivity contribution in [3.8, 4) is 22.6 Å². The Hall–Kier alpha value is -5.39. The highest BCUT2D eigenvalue weighted by atomic mass is 19.4. The van der Waals surface area contributed by atoms with Crippen molar-refractivity contribution in [3.63, 3.8) is 0 Å². The highest BCUT2D eigenvalue weighted by Crippen LogP contribution is 2.42. The van der Waals surface area contributed by atoms with Crippen molar-refractivity contribution in [1.82, 2.24) is 14.6 Å². The summed E-state index contributed by atoms with van der Waals surface area (Å²) in [5, 5.41) is 0.582. The van der Waals surface area contributed by atoms with Crippen molar-refractivity contribution in [2.24, 2.45) is 0 Å². The summed E-state index contributed by atoms with van der Waals surface area (Å²) in [7, 11) is 0. The van der Waals surface area contributed by atoms with Crippen LogP contribution in [-0.4, -0.2) is 71.4 Å². The minimum Gasteiger partial charge on any atom is -0.419 e. The van der Waals surface area contributed by atoms with Crippen LogP contribution in [0.15, 0.2) is 72.9 Å². The van der Waals surface area contributed by atoms with Crippen LogP contribution in [0.1, 0.15) is 5.69 Å². The van der Waals surface area contributed by atoms with E-state index in [4.69, 9.17) is 4.84 Å². The third kappa shape index (κ3) is 7.15. The van der Waals surface area contributed by atoms with E-state index in [1.807, 2.05) is 24.3 Å². The molecule has 0 unspecified atom stereocenters. The lowest BCUT2D eigenvalue weighted by atomic mass is 10.0. The summed E-state index contributed by atoms with van der Waals surface area (Å²) in [5.74, 6) is -6.76. The maximum Gasteiger partial charge on any atom is 0.573 e. The normalized spacial score (nSPS) is 14.7. The van der Waals surface area contributed by atoms with Gasteiger partial charge in [0, 0.05) is 61.1 Å². The summed E-state index contributed by atoms with van der Waals surface area (Å²) < 4.78 is 128. The van der Waals surface area contributed by atoms with E-state index < -0.39 is 47.7 Å². The Morgan fingerprint density at radius 2 is 1.42 bits per heavy atom. The molecule has 0 bridgehead atoms. The number of H-pyrrole nitrogens is 1. The van der Waals surface area contributed by atoms with E-state index in [-0.39, 0.29) is 28.8 Å². The molecule has 9 nitrogen and oxygen atoms in total. The Balaban J connectivity index is 1.45. The molecule has 0 radical (unpaired) electrons. The molecule has 0 amide bonds. The van der Waals surface area contributed by atoms with Crippen LogP contribution in [0.25, 0.3) is 32.9 Å². The Kier molecular flexibility index (Phi) is 8.83. The van der Waals surface area contributed by atoms with Crippen LogP contribution >= 0.6 is 0 Å². The molecule has 1 N–H and O–H groups in total. The van der Waals surface area contributed by atoms with Gasteiger partial charge in [-0.2, -0.15) is 31.1 Å². The summed E-state index contributed by atoms with van der Waals surface area (Å²) >= 11 is 0. The largest absolute Gasteiger partial charge is 0.573 e.